The van der Waals surface area contributed by atoms with Crippen LogP contribution in [0, 0.1) is 5.92 Å². The molecule has 7 amide bonds. The minimum absolute atomic E-state index is 0.0401. The van der Waals surface area contributed by atoms with Crippen molar-refractivity contribution < 1.29 is 48.6 Å². The fraction of sp³-hybridized carbons (Fsp3) is 0.440. The molecule has 0 saturated heterocycles. The number of hydrogen-bond acceptors (Lipinski definition) is 13. The minimum Gasteiger partial charge on any atom is -0.508 e. The summed E-state index contributed by atoms with van der Waals surface area (Å²) in [6, 6.07) is 12.4. The summed E-state index contributed by atoms with van der Waals surface area (Å²) >= 11 is 8.50. The Labute approximate surface area is 429 Å². The van der Waals surface area contributed by atoms with Crippen molar-refractivity contribution in [3.05, 3.63) is 102 Å². The molecule has 3 aromatic carbocycles. The van der Waals surface area contributed by atoms with Crippen LogP contribution in [0.2, 0.25) is 0 Å². The Bertz CT molecular complexity index is 2460. The zero-order valence-electron chi connectivity index (χ0n) is 40.6. The molecule has 0 spiro atoms. The maximum Gasteiger partial charge on any atom is 0.326 e. The van der Waals surface area contributed by atoms with E-state index in [0.29, 0.717) is 24.0 Å². The highest BCUT2D eigenvalue weighted by atomic mass is 32.1. The van der Waals surface area contributed by atoms with Gasteiger partial charge in [0.05, 0.1) is 6.04 Å². The van der Waals surface area contributed by atoms with Crippen LogP contribution < -0.4 is 48.7 Å². The predicted octanol–water partition coefficient (Wildman–Crippen LogP) is 0.762. The molecular formula is C50H68N10O10S2. The molecule has 0 radical (unpaired) electrons. The van der Waals surface area contributed by atoms with E-state index in [1.54, 1.807) is 39.1 Å². The number of carbonyl (C=O) groups is 8. The topological polar surface area (TPSA) is 329 Å². The van der Waals surface area contributed by atoms with E-state index in [2.05, 4.69) is 67.5 Å². The highest BCUT2D eigenvalue weighted by molar-refractivity contribution is 7.80. The number of carboxylic acids is 1. The number of amides is 7. The number of thiol groups is 2. The second-order valence-corrected chi connectivity index (χ2v) is 18.5. The maximum atomic E-state index is 14.7. The molecule has 4 aromatic rings. The average molecular weight is 1030 g/mol. The van der Waals surface area contributed by atoms with Gasteiger partial charge in [-0.3, -0.25) is 33.6 Å². The molecule has 0 fully saturated rings. The number of nitrogens with one attached hydrogen (secondary N) is 8. The smallest absolute Gasteiger partial charge is 0.326 e. The lowest BCUT2D eigenvalue weighted by Crippen LogP contribution is -2.61. The fourth-order valence-electron chi connectivity index (χ4n) is 7.67. The number of aromatic hydroxyl groups is 1. The van der Waals surface area contributed by atoms with Crippen LogP contribution in [0.1, 0.15) is 63.1 Å². The number of unbranched alkanes of at least 4 members (excludes halogenated alkanes) is 1. The number of para-hydroxylation sites is 1. The van der Waals surface area contributed by atoms with Gasteiger partial charge in [0.1, 0.15) is 48.0 Å². The van der Waals surface area contributed by atoms with Gasteiger partial charge in [0, 0.05) is 41.4 Å². The van der Waals surface area contributed by atoms with Crippen molar-refractivity contribution in [2.45, 2.75) is 114 Å². The molecular weight excluding hydrogens is 965 g/mol. The van der Waals surface area contributed by atoms with Crippen LogP contribution in [0.15, 0.2) is 85.1 Å². The van der Waals surface area contributed by atoms with E-state index in [-0.39, 0.29) is 55.9 Å². The predicted molar refractivity (Wildman–Crippen MR) is 279 cm³/mol. The zero-order valence-corrected chi connectivity index (χ0v) is 42.3. The van der Waals surface area contributed by atoms with Crippen molar-refractivity contribution in [2.75, 3.05) is 18.1 Å². The Morgan fingerprint density at radius 2 is 1.08 bits per heavy atom. The molecule has 0 saturated carbocycles. The molecule has 14 N–H and O–H groups in total. The summed E-state index contributed by atoms with van der Waals surface area (Å²) in [5.74, 6) is -7.48. The lowest BCUT2D eigenvalue weighted by Gasteiger charge is -2.29. The van der Waals surface area contributed by atoms with Gasteiger partial charge in [0.2, 0.25) is 41.4 Å². The summed E-state index contributed by atoms with van der Waals surface area (Å²) in [6.07, 6.45) is 2.65. The Morgan fingerprint density at radius 1 is 0.583 bits per heavy atom. The third kappa shape index (κ3) is 17.6. The van der Waals surface area contributed by atoms with Crippen molar-refractivity contribution in [3.63, 3.8) is 0 Å². The van der Waals surface area contributed by atoms with Gasteiger partial charge in [-0.05, 0) is 79.5 Å². The van der Waals surface area contributed by atoms with E-state index in [0.717, 1.165) is 16.5 Å². The summed E-state index contributed by atoms with van der Waals surface area (Å²) in [4.78, 5) is 112. The van der Waals surface area contributed by atoms with Gasteiger partial charge < -0.3 is 63.9 Å². The Kier molecular flexibility index (Phi) is 23.4. The number of fused-ring (bicyclic) bond motifs is 1. The SMILES string of the molecule is CC[C@H](NC(=O)[C@H](CS)NC(=O)[C@@H](NC(=O)[C@H](CCCCN)NC(=O)[C@@H](Cc1c[nH]c2ccccc12)NC(=O)[C@H](Cc1ccc(O)cc1)NC(=O)[C@H](CS)NC(=O)[C@H](N)Cc1ccccc1)C(C)C)C(=O)O. The van der Waals surface area contributed by atoms with Gasteiger partial charge in [-0.1, -0.05) is 81.4 Å². The van der Waals surface area contributed by atoms with Gasteiger partial charge in [0.25, 0.3) is 0 Å². The molecule has 4 rings (SSSR count). The molecule has 8 atom stereocenters. The van der Waals surface area contributed by atoms with Crippen molar-refractivity contribution in [2.24, 2.45) is 17.4 Å². The van der Waals surface area contributed by atoms with E-state index in [9.17, 15) is 48.6 Å². The highest BCUT2D eigenvalue weighted by Gasteiger charge is 2.35. The molecule has 0 aliphatic heterocycles. The second kappa shape index (κ2) is 29.0. The molecule has 390 valence electrons. The van der Waals surface area contributed by atoms with Gasteiger partial charge >= 0.3 is 5.97 Å². The molecule has 22 heteroatoms. The van der Waals surface area contributed by atoms with Gasteiger partial charge in [0.15, 0.2) is 0 Å². The van der Waals surface area contributed by atoms with Crippen LogP contribution in [-0.2, 0) is 57.6 Å². The standard InChI is InChI=1S/C50H68N10O10S2/c1-4-35(50(69)70)54-47(66)41(27-72)59-49(68)42(28(2)3)60-44(63)37(16-10-11-21-51)55-46(65)39(24-31-25-53-36-15-9-8-14-33(31)36)57-45(64)38(23-30-17-19-32(61)20-18-30)56-48(67)40(26-71)58-43(62)34(52)22-29-12-6-5-7-13-29/h5-9,12-15,17-20,25,28,34-35,37-42,53,61,71-72H,4,10-11,16,21-24,26-27,51-52H2,1-3H3,(H,54,66)(H,55,65)(H,56,67)(H,57,64)(H,58,62)(H,59,68)(H,60,63)(H,69,70)/t34-,35+,37+,38+,39-,40+,41+,42+/m1/s1. The molecule has 0 aliphatic rings. The number of aromatic amines is 1. The van der Waals surface area contributed by atoms with Crippen LogP contribution in [0.5, 0.6) is 5.75 Å². The number of aliphatic carboxylic acids is 1. The van der Waals surface area contributed by atoms with Crippen LogP contribution in [0.4, 0.5) is 0 Å². The number of hydrogen-bond donors (Lipinski definition) is 14. The number of rotatable bonds is 29. The number of carboxylic acid groups (broad SMARTS) is 1. The first-order valence-electron chi connectivity index (χ1n) is 23.8. The van der Waals surface area contributed by atoms with Crippen LogP contribution in [0.25, 0.3) is 10.9 Å². The van der Waals surface area contributed by atoms with Gasteiger partial charge in [-0.2, -0.15) is 25.3 Å². The molecule has 72 heavy (non-hydrogen) atoms. The normalized spacial score (nSPS) is 14.6. The summed E-state index contributed by atoms with van der Waals surface area (Å²) in [6.45, 7) is 5.17. The summed E-state index contributed by atoms with van der Waals surface area (Å²) in [7, 11) is 0. The number of phenolic OH excluding ortho intramolecular Hbond substituents is 1. The van der Waals surface area contributed by atoms with Crippen LogP contribution >= 0.6 is 25.3 Å². The van der Waals surface area contributed by atoms with Crippen molar-refractivity contribution in [1.29, 1.82) is 0 Å². The Morgan fingerprint density at radius 3 is 1.65 bits per heavy atom. The summed E-state index contributed by atoms with van der Waals surface area (Å²) < 4.78 is 0. The number of phenols is 1. The number of nitrogens with two attached hydrogens (primary N) is 2. The third-order valence-electron chi connectivity index (χ3n) is 11.9. The number of aromatic nitrogens is 1. The largest absolute Gasteiger partial charge is 0.508 e. The third-order valence-corrected chi connectivity index (χ3v) is 12.6. The Balaban J connectivity index is 1.62. The quantitative estimate of drug-likeness (QED) is 0.0265. The average Bonchev–Trinajstić information content (AvgIpc) is 3.77. The van der Waals surface area contributed by atoms with Crippen molar-refractivity contribution in [3.8, 4) is 5.75 Å². The lowest BCUT2D eigenvalue weighted by atomic mass is 10.00. The molecule has 1 heterocycles. The minimum atomic E-state index is -1.38. The first-order chi connectivity index (χ1) is 34.4. The summed E-state index contributed by atoms with van der Waals surface area (Å²) in [5.41, 5.74) is 14.7. The monoisotopic (exact) mass is 1030 g/mol. The van der Waals surface area contributed by atoms with E-state index in [4.69, 9.17) is 11.5 Å². The molecule has 0 bridgehead atoms. The van der Waals surface area contributed by atoms with E-state index in [1.807, 2.05) is 54.6 Å². The molecule has 0 aliphatic carbocycles. The number of benzene rings is 3. The van der Waals surface area contributed by atoms with Crippen molar-refractivity contribution in [1.82, 2.24) is 42.2 Å². The van der Waals surface area contributed by atoms with Gasteiger partial charge in [-0.25, -0.2) is 4.79 Å². The first kappa shape index (κ1) is 58.0. The fourth-order valence-corrected chi connectivity index (χ4v) is 8.19. The second-order valence-electron chi connectivity index (χ2n) is 17.7. The Hall–Kier alpha value is -6.62. The van der Waals surface area contributed by atoms with Crippen LogP contribution in [-0.4, -0.2) is 129 Å². The maximum absolute atomic E-state index is 14.7. The molecule has 1 aromatic heterocycles. The van der Waals surface area contributed by atoms with Crippen LogP contribution in [0.3, 0.4) is 0 Å². The van der Waals surface area contributed by atoms with E-state index < -0.39 is 102 Å². The van der Waals surface area contributed by atoms with Gasteiger partial charge in [-0.15, -0.1) is 0 Å². The molecule has 0 unspecified atom stereocenters. The lowest BCUT2D eigenvalue weighted by molar-refractivity contribution is -0.142. The zero-order chi connectivity index (χ0) is 52.9. The van der Waals surface area contributed by atoms with E-state index >= 15 is 0 Å². The highest BCUT2D eigenvalue weighted by Crippen LogP contribution is 2.20. The van der Waals surface area contributed by atoms with Crippen molar-refractivity contribution >= 4 is 83.5 Å². The van der Waals surface area contributed by atoms with E-state index in [1.165, 1.54) is 12.1 Å². The molecule has 20 nitrogen and oxygen atoms in total. The summed E-state index contributed by atoms with van der Waals surface area (Å²) in [5, 5.41) is 38.7. The number of carbonyl (C=O) groups excluding carboxylic acids is 7. The number of H-pyrrole nitrogens is 1. The first-order valence-corrected chi connectivity index (χ1v) is 25.0.